The highest BCUT2D eigenvalue weighted by Crippen LogP contribution is 2.18. The predicted molar refractivity (Wildman–Crippen MR) is 91.6 cm³/mol. The van der Waals surface area contributed by atoms with Gasteiger partial charge in [0.05, 0.1) is 0 Å². The summed E-state index contributed by atoms with van der Waals surface area (Å²) in [6.45, 7) is 6.00. The Labute approximate surface area is 145 Å². The van der Waals surface area contributed by atoms with Crippen LogP contribution in [0, 0.1) is 6.92 Å². The minimum Gasteiger partial charge on any atom is -0.475 e. The molecule has 2 N–H and O–H groups in total. The number of benzene rings is 1. The van der Waals surface area contributed by atoms with Crippen molar-refractivity contribution >= 4 is 23.5 Å². The molecule has 132 valence electrons. The molecule has 0 saturated heterocycles. The van der Waals surface area contributed by atoms with Crippen molar-refractivity contribution in [1.82, 2.24) is 4.90 Å². The molecule has 0 aliphatic carbocycles. The highest BCUT2D eigenvalue weighted by molar-refractivity contribution is 6.03. The second-order valence-electron chi connectivity index (χ2n) is 5.62. The van der Waals surface area contributed by atoms with Gasteiger partial charge < -0.3 is 19.7 Å². The van der Waals surface area contributed by atoms with Crippen LogP contribution in [0.1, 0.15) is 46.1 Å². The molecule has 0 atom stereocenters. The maximum Gasteiger partial charge on any atom is 0.372 e. The zero-order chi connectivity index (χ0) is 18.6. The molecule has 25 heavy (non-hydrogen) atoms. The summed E-state index contributed by atoms with van der Waals surface area (Å²) in [5.41, 5.74) is 1.79. The average Bonchev–Trinajstić information content (AvgIpc) is 2.95. The number of rotatable bonds is 6. The number of carboxylic acid groups (broad SMARTS) is 1. The lowest BCUT2D eigenvalue weighted by Gasteiger charge is -2.19. The number of anilines is 1. The van der Waals surface area contributed by atoms with Crippen molar-refractivity contribution in [3.05, 3.63) is 53.0 Å². The van der Waals surface area contributed by atoms with Gasteiger partial charge in [-0.3, -0.25) is 9.59 Å². The largest absolute Gasteiger partial charge is 0.475 e. The van der Waals surface area contributed by atoms with Crippen LogP contribution >= 0.6 is 0 Å². The molecule has 0 spiro atoms. The van der Waals surface area contributed by atoms with Gasteiger partial charge in [-0.25, -0.2) is 4.79 Å². The van der Waals surface area contributed by atoms with Gasteiger partial charge in [-0.1, -0.05) is 12.1 Å². The summed E-state index contributed by atoms with van der Waals surface area (Å²) in [7, 11) is 0. The number of aryl methyl sites for hydroxylation is 1. The number of aromatic carboxylic acids is 1. The Morgan fingerprint density at radius 1 is 1.24 bits per heavy atom. The SMILES string of the molecule is CCN(Cc1cccc(NC(=O)c2cc(C)c(C(=O)O)o2)c1)C(C)=O. The number of hydrogen-bond donors (Lipinski definition) is 2. The second kappa shape index (κ2) is 7.65. The molecule has 2 amide bonds. The third kappa shape index (κ3) is 4.47. The molecule has 0 aliphatic heterocycles. The van der Waals surface area contributed by atoms with Crippen LogP contribution in [0.2, 0.25) is 0 Å². The zero-order valence-corrected chi connectivity index (χ0v) is 14.3. The highest BCUT2D eigenvalue weighted by Gasteiger charge is 2.19. The molecule has 7 heteroatoms. The fraction of sp³-hybridized carbons (Fsp3) is 0.278. The first-order valence-corrected chi connectivity index (χ1v) is 7.81. The molecule has 1 heterocycles. The van der Waals surface area contributed by atoms with E-state index in [1.807, 2.05) is 13.0 Å². The molecular weight excluding hydrogens is 324 g/mol. The van der Waals surface area contributed by atoms with Crippen LogP contribution < -0.4 is 5.32 Å². The summed E-state index contributed by atoms with van der Waals surface area (Å²) in [4.78, 5) is 36.4. The van der Waals surface area contributed by atoms with Gasteiger partial charge >= 0.3 is 5.97 Å². The number of nitrogens with zero attached hydrogens (tertiary/aromatic N) is 1. The molecule has 7 nitrogen and oxygen atoms in total. The molecule has 0 aliphatic rings. The smallest absolute Gasteiger partial charge is 0.372 e. The van der Waals surface area contributed by atoms with E-state index in [1.54, 1.807) is 30.0 Å². The van der Waals surface area contributed by atoms with Gasteiger partial charge in [0.1, 0.15) is 0 Å². The molecule has 0 radical (unpaired) electrons. The molecule has 2 aromatic rings. The fourth-order valence-corrected chi connectivity index (χ4v) is 2.41. The monoisotopic (exact) mass is 344 g/mol. The van der Waals surface area contributed by atoms with Crippen molar-refractivity contribution < 1.29 is 23.9 Å². The first-order valence-electron chi connectivity index (χ1n) is 7.81. The Hall–Kier alpha value is -3.09. The molecule has 0 unspecified atom stereocenters. The van der Waals surface area contributed by atoms with Crippen LogP contribution in [0.5, 0.6) is 0 Å². The summed E-state index contributed by atoms with van der Waals surface area (Å²) in [5.74, 6) is -2.10. The number of carbonyl (C=O) groups excluding carboxylic acids is 2. The number of furan rings is 1. The van der Waals surface area contributed by atoms with E-state index >= 15 is 0 Å². The Morgan fingerprint density at radius 3 is 2.52 bits per heavy atom. The normalized spacial score (nSPS) is 10.4. The first kappa shape index (κ1) is 18.3. The minimum absolute atomic E-state index is 0.0239. The van der Waals surface area contributed by atoms with E-state index in [0.717, 1.165) is 5.56 Å². The molecule has 2 rings (SSSR count). The van der Waals surface area contributed by atoms with E-state index in [0.29, 0.717) is 24.3 Å². The first-order chi connectivity index (χ1) is 11.8. The van der Waals surface area contributed by atoms with Gasteiger partial charge in [0, 0.05) is 31.3 Å². The van der Waals surface area contributed by atoms with E-state index in [2.05, 4.69) is 5.32 Å². The third-order valence-corrected chi connectivity index (χ3v) is 3.72. The number of amides is 2. The molecule has 0 bridgehead atoms. The van der Waals surface area contributed by atoms with E-state index in [-0.39, 0.29) is 17.4 Å². The molecule has 1 aromatic carbocycles. The van der Waals surface area contributed by atoms with Crippen molar-refractivity contribution in [2.24, 2.45) is 0 Å². The van der Waals surface area contributed by atoms with Crippen LogP contribution in [0.4, 0.5) is 5.69 Å². The summed E-state index contributed by atoms with van der Waals surface area (Å²) in [5, 5.41) is 11.7. The van der Waals surface area contributed by atoms with Gasteiger partial charge in [-0.05, 0) is 37.6 Å². The van der Waals surface area contributed by atoms with Crippen molar-refractivity contribution in [3.8, 4) is 0 Å². The molecule has 1 aromatic heterocycles. The Bertz CT molecular complexity index is 810. The van der Waals surface area contributed by atoms with Crippen LogP contribution in [0.25, 0.3) is 0 Å². The quantitative estimate of drug-likeness (QED) is 0.839. The van der Waals surface area contributed by atoms with Crippen molar-refractivity contribution in [3.63, 3.8) is 0 Å². The Kier molecular flexibility index (Phi) is 5.59. The zero-order valence-electron chi connectivity index (χ0n) is 14.3. The van der Waals surface area contributed by atoms with Gasteiger partial charge in [0.25, 0.3) is 5.91 Å². The van der Waals surface area contributed by atoms with Crippen LogP contribution in [-0.2, 0) is 11.3 Å². The van der Waals surface area contributed by atoms with Gasteiger partial charge in [0.2, 0.25) is 11.7 Å². The standard InChI is InChI=1S/C18H20N2O5/c1-4-20(12(3)21)10-13-6-5-7-14(9-13)19-17(22)15-8-11(2)16(25-15)18(23)24/h5-9H,4,10H2,1-3H3,(H,19,22)(H,23,24). The van der Waals surface area contributed by atoms with Crippen LogP contribution in [-0.4, -0.2) is 34.3 Å². The average molecular weight is 344 g/mol. The lowest BCUT2D eigenvalue weighted by molar-refractivity contribution is -0.129. The minimum atomic E-state index is -1.22. The summed E-state index contributed by atoms with van der Waals surface area (Å²) < 4.78 is 5.09. The maximum atomic E-state index is 12.2. The summed E-state index contributed by atoms with van der Waals surface area (Å²) in [6.07, 6.45) is 0. The number of carbonyl (C=O) groups is 3. The predicted octanol–water partition coefficient (Wildman–Crippen LogP) is 2.91. The van der Waals surface area contributed by atoms with Crippen LogP contribution in [0.15, 0.2) is 34.7 Å². The lowest BCUT2D eigenvalue weighted by Crippen LogP contribution is -2.27. The summed E-state index contributed by atoms with van der Waals surface area (Å²) >= 11 is 0. The Balaban J connectivity index is 2.13. The Morgan fingerprint density at radius 2 is 1.96 bits per heavy atom. The van der Waals surface area contributed by atoms with Crippen molar-refractivity contribution in [2.75, 3.05) is 11.9 Å². The topological polar surface area (TPSA) is 99.8 Å². The van der Waals surface area contributed by atoms with E-state index in [4.69, 9.17) is 9.52 Å². The van der Waals surface area contributed by atoms with Crippen LogP contribution in [0.3, 0.4) is 0 Å². The fourth-order valence-electron chi connectivity index (χ4n) is 2.41. The number of nitrogens with one attached hydrogen (secondary N) is 1. The second-order valence-corrected chi connectivity index (χ2v) is 5.62. The van der Waals surface area contributed by atoms with Crippen molar-refractivity contribution in [2.45, 2.75) is 27.3 Å². The molecular formula is C18H20N2O5. The highest BCUT2D eigenvalue weighted by atomic mass is 16.4. The van der Waals surface area contributed by atoms with Gasteiger partial charge in [0.15, 0.2) is 5.76 Å². The van der Waals surface area contributed by atoms with Crippen molar-refractivity contribution in [1.29, 1.82) is 0 Å². The number of carboxylic acids is 1. The van der Waals surface area contributed by atoms with E-state index in [1.165, 1.54) is 13.0 Å². The van der Waals surface area contributed by atoms with E-state index < -0.39 is 11.9 Å². The maximum absolute atomic E-state index is 12.2. The van der Waals surface area contributed by atoms with E-state index in [9.17, 15) is 14.4 Å². The number of hydrogen-bond acceptors (Lipinski definition) is 4. The molecule has 0 saturated carbocycles. The van der Waals surface area contributed by atoms with Gasteiger partial charge in [-0.2, -0.15) is 0 Å². The molecule has 0 fully saturated rings. The lowest BCUT2D eigenvalue weighted by atomic mass is 10.2. The summed E-state index contributed by atoms with van der Waals surface area (Å²) in [6, 6.07) is 8.49. The van der Waals surface area contributed by atoms with Gasteiger partial charge in [-0.15, -0.1) is 0 Å². The third-order valence-electron chi connectivity index (χ3n) is 3.72.